The highest BCUT2D eigenvalue weighted by Gasteiger charge is 2.19. The summed E-state index contributed by atoms with van der Waals surface area (Å²) >= 11 is 3.77. The van der Waals surface area contributed by atoms with Gasteiger partial charge in [-0.05, 0) is 24.6 Å². The second-order valence-electron chi connectivity index (χ2n) is 4.54. The largest absolute Gasteiger partial charge is 0.452 e. The first-order valence-corrected chi connectivity index (χ1v) is 9.16. The van der Waals surface area contributed by atoms with Gasteiger partial charge in [0.25, 0.3) is 5.91 Å². The number of ether oxygens (including phenoxy) is 2. The molecule has 1 aliphatic heterocycles. The summed E-state index contributed by atoms with van der Waals surface area (Å²) in [4.78, 5) is 34.3. The van der Waals surface area contributed by atoms with E-state index in [2.05, 4.69) is 4.74 Å². The third-order valence-corrected chi connectivity index (χ3v) is 6.00. The predicted molar refractivity (Wildman–Crippen MR) is 89.5 cm³/mol. The zero-order valence-corrected chi connectivity index (χ0v) is 14.2. The molecule has 0 radical (unpaired) electrons. The first-order chi connectivity index (χ1) is 11.1. The fourth-order valence-corrected chi connectivity index (χ4v) is 4.72. The van der Waals surface area contributed by atoms with E-state index < -0.39 is 24.6 Å². The van der Waals surface area contributed by atoms with Crippen LogP contribution in [0.4, 0.5) is 4.79 Å². The van der Waals surface area contributed by atoms with Gasteiger partial charge in [0.15, 0.2) is 6.61 Å². The van der Waals surface area contributed by atoms with Crippen LogP contribution in [0.3, 0.4) is 0 Å². The number of esters is 1. The Balaban J connectivity index is 1.81. The number of imide groups is 1. The van der Waals surface area contributed by atoms with Crippen LogP contribution in [0.5, 0.6) is 0 Å². The molecule has 1 aromatic carbocycles. The predicted octanol–water partition coefficient (Wildman–Crippen LogP) is 2.59. The average molecular weight is 355 g/mol. The highest BCUT2D eigenvalue weighted by atomic mass is 32.2. The van der Waals surface area contributed by atoms with Crippen molar-refractivity contribution in [2.75, 3.05) is 24.7 Å². The molecule has 0 bridgehead atoms. The molecule has 1 aromatic rings. The summed E-state index contributed by atoms with van der Waals surface area (Å²) in [6.45, 7) is 1.24. The lowest BCUT2D eigenvalue weighted by Gasteiger charge is -2.09. The van der Waals surface area contributed by atoms with Crippen molar-refractivity contribution in [1.82, 2.24) is 5.32 Å². The lowest BCUT2D eigenvalue weighted by Crippen LogP contribution is -2.34. The van der Waals surface area contributed by atoms with Crippen LogP contribution in [0.2, 0.25) is 0 Å². The minimum absolute atomic E-state index is 0.156. The molecule has 1 aliphatic rings. The molecule has 1 heterocycles. The number of thioether (sulfide) groups is 2. The maximum Gasteiger partial charge on any atom is 0.413 e. The van der Waals surface area contributed by atoms with Crippen molar-refractivity contribution < 1.29 is 23.9 Å². The normalized spacial score (nSPS) is 14.3. The molecule has 0 atom stereocenters. The number of rotatable bonds is 5. The molecule has 1 N–H and O–H groups in total. The van der Waals surface area contributed by atoms with E-state index >= 15 is 0 Å². The van der Waals surface area contributed by atoms with Crippen LogP contribution in [0, 0.1) is 0 Å². The van der Waals surface area contributed by atoms with E-state index in [1.807, 2.05) is 41.0 Å². The molecule has 1 fully saturated rings. The van der Waals surface area contributed by atoms with Crippen LogP contribution in [0.25, 0.3) is 0 Å². The summed E-state index contributed by atoms with van der Waals surface area (Å²) in [5, 5.41) is 1.95. The summed E-state index contributed by atoms with van der Waals surface area (Å²) in [7, 11) is 0. The number of alkyl carbamates (subject to hydrolysis) is 1. The van der Waals surface area contributed by atoms with Crippen LogP contribution in [-0.2, 0) is 14.3 Å². The van der Waals surface area contributed by atoms with Crippen molar-refractivity contribution >= 4 is 41.5 Å². The van der Waals surface area contributed by atoms with Gasteiger partial charge >= 0.3 is 12.1 Å². The first kappa shape index (κ1) is 17.7. The number of hydrogen-bond acceptors (Lipinski definition) is 7. The molecule has 8 heteroatoms. The van der Waals surface area contributed by atoms with Crippen molar-refractivity contribution in [2.45, 2.75) is 11.5 Å². The minimum atomic E-state index is -0.857. The SMILES string of the molecule is CCOC(=O)NC(=O)COC(=O)c1ccc(C2SCCS2)cc1. The van der Waals surface area contributed by atoms with E-state index in [9.17, 15) is 14.4 Å². The van der Waals surface area contributed by atoms with Crippen molar-refractivity contribution in [2.24, 2.45) is 0 Å². The summed E-state index contributed by atoms with van der Waals surface area (Å²) in [5.41, 5.74) is 1.53. The van der Waals surface area contributed by atoms with Crippen LogP contribution >= 0.6 is 23.5 Å². The second kappa shape index (κ2) is 8.83. The van der Waals surface area contributed by atoms with Gasteiger partial charge in [0.05, 0.1) is 16.8 Å². The first-order valence-electron chi connectivity index (χ1n) is 7.07. The Hall–Kier alpha value is -1.67. The fourth-order valence-electron chi connectivity index (χ4n) is 1.86. The Morgan fingerprint density at radius 3 is 2.39 bits per heavy atom. The minimum Gasteiger partial charge on any atom is -0.452 e. The van der Waals surface area contributed by atoms with E-state index in [1.54, 1.807) is 19.1 Å². The number of carbonyl (C=O) groups is 3. The topological polar surface area (TPSA) is 81.7 Å². The number of benzene rings is 1. The Morgan fingerprint density at radius 1 is 1.13 bits per heavy atom. The fraction of sp³-hybridized carbons (Fsp3) is 0.400. The molecule has 23 heavy (non-hydrogen) atoms. The second-order valence-corrected chi connectivity index (χ2v) is 7.26. The van der Waals surface area contributed by atoms with Crippen molar-refractivity contribution in [3.8, 4) is 0 Å². The highest BCUT2D eigenvalue weighted by Crippen LogP contribution is 2.45. The summed E-state index contributed by atoms with van der Waals surface area (Å²) < 4.78 is 9.83. The summed E-state index contributed by atoms with van der Waals surface area (Å²) in [6.07, 6.45) is -0.857. The number of hydrogen-bond donors (Lipinski definition) is 1. The van der Waals surface area contributed by atoms with Gasteiger partial charge in [-0.25, -0.2) is 9.59 Å². The molecule has 124 valence electrons. The summed E-state index contributed by atoms with van der Waals surface area (Å²) in [6, 6.07) is 7.15. The quantitative estimate of drug-likeness (QED) is 0.813. The van der Waals surface area contributed by atoms with Gasteiger partial charge in [-0.2, -0.15) is 0 Å². The van der Waals surface area contributed by atoms with E-state index in [4.69, 9.17) is 4.74 Å². The number of nitrogens with one attached hydrogen (secondary N) is 1. The number of carbonyl (C=O) groups excluding carboxylic acids is 3. The Bertz CT molecular complexity index is 570. The highest BCUT2D eigenvalue weighted by molar-refractivity contribution is 8.19. The van der Waals surface area contributed by atoms with Crippen molar-refractivity contribution in [1.29, 1.82) is 0 Å². The van der Waals surface area contributed by atoms with E-state index in [1.165, 1.54) is 0 Å². The van der Waals surface area contributed by atoms with Crippen LogP contribution in [0.15, 0.2) is 24.3 Å². The van der Waals surface area contributed by atoms with Gasteiger partial charge in [-0.1, -0.05) is 12.1 Å². The monoisotopic (exact) mass is 355 g/mol. The molecule has 0 aromatic heterocycles. The zero-order chi connectivity index (χ0) is 16.7. The standard InChI is InChI=1S/C15H17NO5S2/c1-2-20-15(19)16-12(17)9-21-13(18)10-3-5-11(6-4-10)14-22-7-8-23-14/h3-6,14H,2,7-9H2,1H3,(H,16,17,19). The van der Waals surface area contributed by atoms with Gasteiger partial charge in [0, 0.05) is 11.5 Å². The molecule has 0 spiro atoms. The van der Waals surface area contributed by atoms with Crippen molar-refractivity contribution in [3.63, 3.8) is 0 Å². The molecule has 2 amide bonds. The van der Waals surface area contributed by atoms with Gasteiger partial charge < -0.3 is 9.47 Å². The third-order valence-electron chi connectivity index (χ3n) is 2.89. The molecule has 2 rings (SSSR count). The lowest BCUT2D eigenvalue weighted by molar-refractivity contribution is -0.123. The molecule has 0 aliphatic carbocycles. The summed E-state index contributed by atoms with van der Waals surface area (Å²) in [5.74, 6) is 0.929. The van der Waals surface area contributed by atoms with E-state index in [0.717, 1.165) is 17.1 Å². The average Bonchev–Trinajstić information content (AvgIpc) is 3.07. The lowest BCUT2D eigenvalue weighted by atomic mass is 10.1. The van der Waals surface area contributed by atoms with Crippen LogP contribution < -0.4 is 5.32 Å². The number of amides is 2. The smallest absolute Gasteiger partial charge is 0.413 e. The molecule has 0 saturated carbocycles. The van der Waals surface area contributed by atoms with Gasteiger partial charge in [0.1, 0.15) is 0 Å². The van der Waals surface area contributed by atoms with Crippen LogP contribution in [-0.4, -0.2) is 42.7 Å². The van der Waals surface area contributed by atoms with Crippen LogP contribution in [0.1, 0.15) is 27.4 Å². The van der Waals surface area contributed by atoms with Gasteiger partial charge in [-0.3, -0.25) is 10.1 Å². The molecule has 1 saturated heterocycles. The molecule has 6 nitrogen and oxygen atoms in total. The third kappa shape index (κ3) is 5.47. The maximum absolute atomic E-state index is 11.9. The van der Waals surface area contributed by atoms with Gasteiger partial charge in [-0.15, -0.1) is 23.5 Å². The molecular formula is C15H17NO5S2. The van der Waals surface area contributed by atoms with E-state index in [-0.39, 0.29) is 6.61 Å². The van der Waals surface area contributed by atoms with Gasteiger partial charge in [0.2, 0.25) is 0 Å². The van der Waals surface area contributed by atoms with Crippen molar-refractivity contribution in [3.05, 3.63) is 35.4 Å². The Morgan fingerprint density at radius 2 is 1.78 bits per heavy atom. The zero-order valence-electron chi connectivity index (χ0n) is 12.6. The Labute approximate surface area is 142 Å². The van der Waals surface area contributed by atoms with E-state index in [0.29, 0.717) is 10.1 Å². The molecular weight excluding hydrogens is 338 g/mol. The Kier molecular flexibility index (Phi) is 6.79. The maximum atomic E-state index is 11.9. The molecule has 0 unspecified atom stereocenters.